The molecule has 0 spiro atoms. The van der Waals surface area contributed by atoms with Crippen LogP contribution in [-0.2, 0) is 0 Å². The quantitative estimate of drug-likeness (QED) is 0.446. The topological polar surface area (TPSA) is 95.8 Å². The summed E-state index contributed by atoms with van der Waals surface area (Å²) in [6.07, 6.45) is 6.95. The molecular weight excluding hydrogens is 388 g/mol. The zero-order chi connectivity index (χ0) is 21.0. The number of hydrogen-bond donors (Lipinski definition) is 2. The van der Waals surface area contributed by atoms with Crippen LogP contribution < -0.4 is 15.4 Å². The number of anilines is 4. The molecule has 5 rings (SSSR count). The van der Waals surface area contributed by atoms with E-state index in [-0.39, 0.29) is 6.10 Å². The molecular formula is C24H20N6O. The van der Waals surface area contributed by atoms with Gasteiger partial charge in [-0.2, -0.15) is 10.2 Å². The van der Waals surface area contributed by atoms with Gasteiger partial charge in [-0.25, -0.2) is 4.98 Å². The third-order valence-electron chi connectivity index (χ3n) is 5.22. The zero-order valence-corrected chi connectivity index (χ0v) is 16.7. The fourth-order valence-corrected chi connectivity index (χ4v) is 3.37. The maximum absolute atomic E-state index is 9.49. The second-order valence-electron chi connectivity index (χ2n) is 7.43. The molecule has 152 valence electrons. The molecule has 7 nitrogen and oxygen atoms in total. The minimum Gasteiger partial charge on any atom is -0.489 e. The third-order valence-corrected chi connectivity index (χ3v) is 5.22. The molecule has 4 aromatic rings. The number of hydrogen-bond acceptors (Lipinski definition) is 7. The summed E-state index contributed by atoms with van der Waals surface area (Å²) < 4.78 is 5.90. The van der Waals surface area contributed by atoms with Crippen molar-refractivity contribution in [1.82, 2.24) is 15.0 Å². The van der Waals surface area contributed by atoms with Gasteiger partial charge >= 0.3 is 0 Å². The average molecular weight is 408 g/mol. The van der Waals surface area contributed by atoms with Crippen molar-refractivity contribution in [3.63, 3.8) is 0 Å². The monoisotopic (exact) mass is 408 g/mol. The molecule has 0 aliphatic heterocycles. The van der Waals surface area contributed by atoms with E-state index in [1.54, 1.807) is 24.5 Å². The van der Waals surface area contributed by atoms with E-state index in [2.05, 4.69) is 31.7 Å². The molecule has 1 aliphatic carbocycles. The van der Waals surface area contributed by atoms with Gasteiger partial charge in [0.25, 0.3) is 0 Å². The Bertz CT molecular complexity index is 1280. The maximum Gasteiger partial charge on any atom is 0.229 e. The Labute approximate surface area is 179 Å². The van der Waals surface area contributed by atoms with Crippen molar-refractivity contribution in [2.45, 2.75) is 25.4 Å². The number of pyridine rings is 1. The molecule has 2 aromatic heterocycles. The minimum atomic E-state index is 0.224. The molecule has 2 aromatic carbocycles. The van der Waals surface area contributed by atoms with Crippen molar-refractivity contribution < 1.29 is 4.74 Å². The number of fused-ring (bicyclic) bond motifs is 1. The number of nitrogens with one attached hydrogen (secondary N) is 2. The van der Waals surface area contributed by atoms with Crippen LogP contribution in [0.1, 0.15) is 24.8 Å². The molecule has 0 atom stereocenters. The van der Waals surface area contributed by atoms with Crippen LogP contribution in [0.4, 0.5) is 23.1 Å². The van der Waals surface area contributed by atoms with Crippen LogP contribution in [0.5, 0.6) is 5.75 Å². The fraction of sp³-hybridized carbons (Fsp3) is 0.167. The first-order chi connectivity index (χ1) is 15.3. The van der Waals surface area contributed by atoms with E-state index in [9.17, 15) is 5.26 Å². The van der Waals surface area contributed by atoms with E-state index in [0.29, 0.717) is 23.1 Å². The van der Waals surface area contributed by atoms with Crippen LogP contribution >= 0.6 is 0 Å². The van der Waals surface area contributed by atoms with Crippen molar-refractivity contribution in [3.8, 4) is 11.8 Å². The summed E-state index contributed by atoms with van der Waals surface area (Å²) in [6, 6.07) is 19.4. The second-order valence-corrected chi connectivity index (χ2v) is 7.43. The number of rotatable bonds is 6. The van der Waals surface area contributed by atoms with Crippen LogP contribution in [-0.4, -0.2) is 21.1 Å². The highest BCUT2D eigenvalue weighted by Gasteiger charge is 2.20. The summed E-state index contributed by atoms with van der Waals surface area (Å²) >= 11 is 0. The van der Waals surface area contributed by atoms with E-state index < -0.39 is 0 Å². The summed E-state index contributed by atoms with van der Waals surface area (Å²) in [5, 5.41) is 17.0. The smallest absolute Gasteiger partial charge is 0.229 e. The van der Waals surface area contributed by atoms with Gasteiger partial charge in [0.15, 0.2) is 0 Å². The Hall–Kier alpha value is -4.18. The lowest BCUT2D eigenvalue weighted by atomic mass is 9.96. The van der Waals surface area contributed by atoms with Gasteiger partial charge in [-0.05, 0) is 55.7 Å². The summed E-state index contributed by atoms with van der Waals surface area (Å²) in [7, 11) is 0. The molecule has 2 heterocycles. The van der Waals surface area contributed by atoms with Crippen LogP contribution in [0.25, 0.3) is 10.9 Å². The lowest BCUT2D eigenvalue weighted by molar-refractivity contribution is 0.120. The normalized spacial score (nSPS) is 13.3. The van der Waals surface area contributed by atoms with Crippen molar-refractivity contribution in [1.29, 1.82) is 5.26 Å². The van der Waals surface area contributed by atoms with Gasteiger partial charge in [-0.15, -0.1) is 0 Å². The van der Waals surface area contributed by atoms with Crippen LogP contribution in [0.15, 0.2) is 67.0 Å². The molecule has 2 N–H and O–H groups in total. The molecule has 7 heteroatoms. The number of nitrogens with zero attached hydrogens (tertiary/aromatic N) is 4. The Morgan fingerprint density at radius 1 is 0.968 bits per heavy atom. The van der Waals surface area contributed by atoms with E-state index in [0.717, 1.165) is 35.1 Å². The van der Waals surface area contributed by atoms with Crippen LogP contribution in [0.2, 0.25) is 0 Å². The highest BCUT2D eigenvalue weighted by Crippen LogP contribution is 2.30. The van der Waals surface area contributed by atoms with Gasteiger partial charge < -0.3 is 15.4 Å². The van der Waals surface area contributed by atoms with Crippen molar-refractivity contribution in [2.24, 2.45) is 0 Å². The lowest BCUT2D eigenvalue weighted by Crippen LogP contribution is -2.24. The third kappa shape index (κ3) is 4.23. The van der Waals surface area contributed by atoms with Gasteiger partial charge in [0, 0.05) is 17.3 Å². The Morgan fingerprint density at radius 3 is 2.71 bits per heavy atom. The average Bonchev–Trinajstić information content (AvgIpc) is 2.77. The lowest BCUT2D eigenvalue weighted by Gasteiger charge is -2.26. The molecule has 0 radical (unpaired) electrons. The second kappa shape index (κ2) is 8.28. The summed E-state index contributed by atoms with van der Waals surface area (Å²) in [6.45, 7) is 0. The Balaban J connectivity index is 1.32. The summed E-state index contributed by atoms with van der Waals surface area (Å²) in [5.74, 6) is 1.69. The number of aromatic nitrogens is 3. The molecule has 0 unspecified atom stereocenters. The number of benzene rings is 2. The van der Waals surface area contributed by atoms with Gasteiger partial charge in [-0.1, -0.05) is 18.2 Å². The van der Waals surface area contributed by atoms with E-state index in [4.69, 9.17) is 4.74 Å². The van der Waals surface area contributed by atoms with E-state index in [1.165, 1.54) is 6.42 Å². The largest absolute Gasteiger partial charge is 0.489 e. The standard InChI is InChI=1S/C24H20N6O/c25-14-17-13-18(8-9-22(17)31-20-5-3-6-20)29-24-26-11-10-23(30-24)28-19-12-16-4-1-2-7-21(16)27-15-19/h1-2,4,7-13,15,20H,3,5-6H2,(H2,26,28,29,30). The minimum absolute atomic E-state index is 0.224. The van der Waals surface area contributed by atoms with Gasteiger partial charge in [0.1, 0.15) is 17.6 Å². The summed E-state index contributed by atoms with van der Waals surface area (Å²) in [4.78, 5) is 13.3. The fourth-order valence-electron chi connectivity index (χ4n) is 3.37. The van der Waals surface area contributed by atoms with Gasteiger partial charge in [-0.3, -0.25) is 4.98 Å². The first-order valence-electron chi connectivity index (χ1n) is 10.2. The molecule has 1 saturated carbocycles. The first kappa shape index (κ1) is 18.8. The first-order valence-corrected chi connectivity index (χ1v) is 10.2. The number of nitriles is 1. The number of ether oxygens (including phenoxy) is 1. The summed E-state index contributed by atoms with van der Waals surface area (Å²) in [5.41, 5.74) is 3.00. The van der Waals surface area contributed by atoms with E-state index in [1.807, 2.05) is 42.5 Å². The Kier molecular flexibility index (Phi) is 5.03. The van der Waals surface area contributed by atoms with Crippen molar-refractivity contribution in [3.05, 3.63) is 72.6 Å². The predicted octanol–water partition coefficient (Wildman–Crippen LogP) is 5.31. The molecule has 1 fully saturated rings. The molecule has 1 aliphatic rings. The predicted molar refractivity (Wildman–Crippen MR) is 120 cm³/mol. The number of para-hydroxylation sites is 1. The molecule has 0 bridgehead atoms. The van der Waals surface area contributed by atoms with Crippen molar-refractivity contribution in [2.75, 3.05) is 10.6 Å². The molecule has 31 heavy (non-hydrogen) atoms. The SMILES string of the molecule is N#Cc1cc(Nc2nccc(Nc3cnc4ccccc4c3)n2)ccc1OC1CCC1. The molecule has 0 amide bonds. The van der Waals surface area contributed by atoms with Crippen LogP contribution in [0, 0.1) is 11.3 Å². The zero-order valence-electron chi connectivity index (χ0n) is 16.7. The molecule has 0 saturated heterocycles. The highest BCUT2D eigenvalue weighted by atomic mass is 16.5. The van der Waals surface area contributed by atoms with Gasteiger partial charge in [0.2, 0.25) is 5.95 Å². The van der Waals surface area contributed by atoms with Crippen LogP contribution in [0.3, 0.4) is 0 Å². The highest BCUT2D eigenvalue weighted by molar-refractivity contribution is 5.82. The Morgan fingerprint density at radius 2 is 1.87 bits per heavy atom. The van der Waals surface area contributed by atoms with Gasteiger partial charge in [0.05, 0.1) is 29.1 Å². The maximum atomic E-state index is 9.49. The van der Waals surface area contributed by atoms with Crippen molar-refractivity contribution >= 4 is 34.0 Å². The van der Waals surface area contributed by atoms with E-state index >= 15 is 0 Å².